The number of halogens is 5. The van der Waals surface area contributed by atoms with E-state index in [1.807, 2.05) is 0 Å². The van der Waals surface area contributed by atoms with Gasteiger partial charge in [-0.25, -0.2) is 0 Å². The summed E-state index contributed by atoms with van der Waals surface area (Å²) in [5.74, 6) is -1.22. The number of alkyl halides is 3. The molecule has 10 heteroatoms. The largest absolute Gasteiger partial charge is 0.573 e. The van der Waals surface area contributed by atoms with Gasteiger partial charge in [0, 0.05) is 31.6 Å². The second kappa shape index (κ2) is 8.91. The lowest BCUT2D eigenvalue weighted by Crippen LogP contribution is -2.35. The zero-order chi connectivity index (χ0) is 23.9. The monoisotopic (exact) mass is 498 g/mol. The fourth-order valence-corrected chi connectivity index (χ4v) is 4.67. The van der Waals surface area contributed by atoms with Gasteiger partial charge in [-0.05, 0) is 49.6 Å². The molecule has 2 aromatic carbocycles. The number of rotatable bonds is 4. The Morgan fingerprint density at radius 2 is 1.70 bits per heavy atom. The quantitative estimate of drug-likeness (QED) is 0.400. The minimum absolute atomic E-state index is 0.0288. The van der Waals surface area contributed by atoms with Crippen molar-refractivity contribution in [1.82, 2.24) is 9.47 Å². The Hall–Kier alpha value is -2.71. The number of hydrogen-bond donors (Lipinski definition) is 0. The highest BCUT2D eigenvalue weighted by molar-refractivity contribution is 6.42. The highest BCUT2D eigenvalue weighted by Crippen LogP contribution is 2.34. The van der Waals surface area contributed by atoms with Gasteiger partial charge in [-0.2, -0.15) is 0 Å². The fourth-order valence-electron chi connectivity index (χ4n) is 4.05. The lowest BCUT2D eigenvalue weighted by atomic mass is 10.0. The smallest absolute Gasteiger partial charge is 0.406 e. The van der Waals surface area contributed by atoms with E-state index >= 15 is 0 Å². The van der Waals surface area contributed by atoms with E-state index in [4.69, 9.17) is 23.2 Å². The van der Waals surface area contributed by atoms with Gasteiger partial charge in [0.05, 0.1) is 32.4 Å². The predicted molar refractivity (Wildman–Crippen MR) is 119 cm³/mol. The first kappa shape index (κ1) is 23.4. The van der Waals surface area contributed by atoms with Crippen LogP contribution in [0.4, 0.5) is 13.2 Å². The fraction of sp³-hybridized carbons (Fsp3) is 0.304. The maximum atomic E-state index is 13.4. The summed E-state index contributed by atoms with van der Waals surface area (Å²) in [4.78, 5) is 28.1. The lowest BCUT2D eigenvalue weighted by Gasteiger charge is -2.27. The molecule has 0 unspecified atom stereocenters. The molecule has 4 rings (SSSR count). The van der Waals surface area contributed by atoms with Crippen molar-refractivity contribution in [3.63, 3.8) is 0 Å². The van der Waals surface area contributed by atoms with Crippen molar-refractivity contribution >= 4 is 45.8 Å². The van der Waals surface area contributed by atoms with Crippen molar-refractivity contribution < 1.29 is 27.5 Å². The number of carbonyl (C=O) groups is 2. The van der Waals surface area contributed by atoms with Gasteiger partial charge in [-0.15, -0.1) is 13.2 Å². The van der Waals surface area contributed by atoms with E-state index in [1.54, 1.807) is 4.90 Å². The van der Waals surface area contributed by atoms with E-state index in [1.165, 1.54) is 48.0 Å². The average Bonchev–Trinajstić information content (AvgIpc) is 3.09. The molecule has 174 valence electrons. The van der Waals surface area contributed by atoms with Crippen LogP contribution in [-0.2, 0) is 7.05 Å². The van der Waals surface area contributed by atoms with Crippen LogP contribution in [0.3, 0.4) is 0 Å². The Bertz CT molecular complexity index is 1250. The Kier molecular flexibility index (Phi) is 6.33. The summed E-state index contributed by atoms with van der Waals surface area (Å²) < 4.78 is 43.2. The SMILES string of the molecule is Cn1c(C(=O)c2c(Cl)ccc(C(=O)N3CCCCC3)c2Cl)cc2ccc(OC(F)(F)F)cc21. The molecule has 0 spiro atoms. The Morgan fingerprint density at radius 3 is 2.36 bits per heavy atom. The number of ether oxygens (including phenoxy) is 1. The molecule has 1 aromatic heterocycles. The second-order valence-corrected chi connectivity index (χ2v) is 8.61. The number of benzene rings is 2. The van der Waals surface area contributed by atoms with Crippen LogP contribution in [0.5, 0.6) is 5.75 Å². The Labute approximate surface area is 197 Å². The summed E-state index contributed by atoms with van der Waals surface area (Å²) in [5, 5.41) is 0.559. The van der Waals surface area contributed by atoms with Crippen molar-refractivity contribution in [1.29, 1.82) is 0 Å². The summed E-state index contributed by atoms with van der Waals surface area (Å²) in [6.07, 6.45) is -1.98. The van der Waals surface area contributed by atoms with Gasteiger partial charge in [0.25, 0.3) is 5.91 Å². The van der Waals surface area contributed by atoms with E-state index < -0.39 is 17.9 Å². The first-order chi connectivity index (χ1) is 15.6. The minimum Gasteiger partial charge on any atom is -0.406 e. The molecule has 3 aromatic rings. The number of amides is 1. The molecule has 5 nitrogen and oxygen atoms in total. The van der Waals surface area contributed by atoms with Crippen LogP contribution in [-0.4, -0.2) is 40.6 Å². The predicted octanol–water partition coefficient (Wildman–Crippen LogP) is 6.24. The standard InChI is InChI=1S/C23H19Cl2F3N2O3/c1-29-17-12-14(33-23(26,27)28)6-5-13(17)11-18(29)21(31)19-16(24)8-7-15(20(19)25)22(32)30-9-3-2-4-10-30/h5-8,11-12H,2-4,9-10H2,1H3. The molecule has 2 heterocycles. The van der Waals surface area contributed by atoms with Crippen LogP contribution in [0.15, 0.2) is 36.4 Å². The van der Waals surface area contributed by atoms with Crippen LogP contribution in [0.25, 0.3) is 10.9 Å². The van der Waals surface area contributed by atoms with Gasteiger partial charge in [0.1, 0.15) is 5.75 Å². The number of piperidine rings is 1. The topological polar surface area (TPSA) is 51.5 Å². The average molecular weight is 499 g/mol. The molecule has 1 saturated heterocycles. The third-order valence-electron chi connectivity index (χ3n) is 5.67. The molecule has 0 radical (unpaired) electrons. The van der Waals surface area contributed by atoms with Gasteiger partial charge in [-0.1, -0.05) is 23.2 Å². The first-order valence-corrected chi connectivity index (χ1v) is 11.0. The first-order valence-electron chi connectivity index (χ1n) is 10.2. The van der Waals surface area contributed by atoms with Crippen molar-refractivity contribution in [3.8, 4) is 5.75 Å². The molecule has 33 heavy (non-hydrogen) atoms. The normalized spacial score (nSPS) is 14.5. The summed E-state index contributed by atoms with van der Waals surface area (Å²) in [7, 11) is 1.54. The number of aromatic nitrogens is 1. The van der Waals surface area contributed by atoms with Crippen molar-refractivity contribution in [2.24, 2.45) is 7.05 Å². The molecule has 1 amide bonds. The van der Waals surface area contributed by atoms with Crippen molar-refractivity contribution in [3.05, 3.63) is 63.3 Å². The molecule has 0 aliphatic carbocycles. The van der Waals surface area contributed by atoms with Gasteiger partial charge in [0.15, 0.2) is 0 Å². The third kappa shape index (κ3) is 4.68. The van der Waals surface area contributed by atoms with Crippen LogP contribution in [0, 0.1) is 0 Å². The Balaban J connectivity index is 1.73. The maximum absolute atomic E-state index is 13.4. The molecular formula is C23H19Cl2F3N2O3. The number of hydrogen-bond acceptors (Lipinski definition) is 3. The number of aryl methyl sites for hydroxylation is 1. The Morgan fingerprint density at radius 1 is 1.00 bits per heavy atom. The molecule has 0 saturated carbocycles. The zero-order valence-corrected chi connectivity index (χ0v) is 19.0. The number of likely N-dealkylation sites (tertiary alicyclic amines) is 1. The summed E-state index contributed by atoms with van der Waals surface area (Å²) in [6, 6.07) is 8.27. The van der Waals surface area contributed by atoms with Gasteiger partial charge < -0.3 is 14.2 Å². The second-order valence-electron chi connectivity index (χ2n) is 7.82. The summed E-state index contributed by atoms with van der Waals surface area (Å²) in [5.41, 5.74) is 0.665. The number of fused-ring (bicyclic) bond motifs is 1. The molecular weight excluding hydrogens is 480 g/mol. The van der Waals surface area contributed by atoms with Gasteiger partial charge >= 0.3 is 6.36 Å². The molecule has 1 aliphatic rings. The molecule has 0 N–H and O–H groups in total. The summed E-state index contributed by atoms with van der Waals surface area (Å²) in [6.45, 7) is 1.24. The van der Waals surface area contributed by atoms with Crippen molar-refractivity contribution in [2.75, 3.05) is 13.1 Å². The molecule has 0 atom stereocenters. The highest BCUT2D eigenvalue weighted by atomic mass is 35.5. The number of ketones is 1. The van der Waals surface area contributed by atoms with E-state index in [0.29, 0.717) is 24.0 Å². The number of carbonyl (C=O) groups excluding carboxylic acids is 2. The van der Waals surface area contributed by atoms with Crippen LogP contribution in [0.1, 0.15) is 45.7 Å². The van der Waals surface area contributed by atoms with Gasteiger partial charge in [-0.3, -0.25) is 9.59 Å². The minimum atomic E-state index is -4.83. The lowest BCUT2D eigenvalue weighted by molar-refractivity contribution is -0.274. The van der Waals surface area contributed by atoms with Gasteiger partial charge in [0.2, 0.25) is 5.78 Å². The van der Waals surface area contributed by atoms with E-state index in [2.05, 4.69) is 4.74 Å². The molecule has 0 bridgehead atoms. The summed E-state index contributed by atoms with van der Waals surface area (Å²) >= 11 is 12.8. The maximum Gasteiger partial charge on any atom is 0.573 e. The van der Waals surface area contributed by atoms with E-state index in [0.717, 1.165) is 19.3 Å². The zero-order valence-electron chi connectivity index (χ0n) is 17.5. The van der Waals surface area contributed by atoms with Crippen LogP contribution < -0.4 is 4.74 Å². The number of nitrogens with zero attached hydrogens (tertiary/aromatic N) is 2. The third-order valence-corrected chi connectivity index (χ3v) is 6.38. The molecule has 1 fully saturated rings. The van der Waals surface area contributed by atoms with E-state index in [-0.39, 0.29) is 32.8 Å². The van der Waals surface area contributed by atoms with Crippen LogP contribution >= 0.6 is 23.2 Å². The van der Waals surface area contributed by atoms with Crippen LogP contribution in [0.2, 0.25) is 10.0 Å². The highest BCUT2D eigenvalue weighted by Gasteiger charge is 2.31. The van der Waals surface area contributed by atoms with Crippen molar-refractivity contribution in [2.45, 2.75) is 25.6 Å². The molecule has 1 aliphatic heterocycles. The van der Waals surface area contributed by atoms with E-state index in [9.17, 15) is 22.8 Å².